The third-order valence-corrected chi connectivity index (χ3v) is 3.74. The molecular formula is C17H15Cl2NO4. The van der Waals surface area contributed by atoms with E-state index in [2.05, 4.69) is 5.32 Å². The molecule has 7 heteroatoms. The van der Waals surface area contributed by atoms with Crippen LogP contribution in [0.4, 0.5) is 0 Å². The van der Waals surface area contributed by atoms with Gasteiger partial charge in [0, 0.05) is 16.6 Å². The highest BCUT2D eigenvalue weighted by Crippen LogP contribution is 2.21. The summed E-state index contributed by atoms with van der Waals surface area (Å²) in [4.78, 5) is 23.8. The van der Waals surface area contributed by atoms with E-state index in [0.29, 0.717) is 21.4 Å². The SMILES string of the molecule is COc1ccccc1C(=O)OCC(=O)NCc1ccc(Cl)cc1Cl. The second-order valence-corrected chi connectivity index (χ2v) is 5.63. The number of amides is 1. The Morgan fingerprint density at radius 2 is 1.88 bits per heavy atom. The molecule has 24 heavy (non-hydrogen) atoms. The van der Waals surface area contributed by atoms with Crippen LogP contribution in [0.2, 0.25) is 10.0 Å². The third-order valence-electron chi connectivity index (χ3n) is 3.15. The van der Waals surface area contributed by atoms with Crippen LogP contribution < -0.4 is 10.1 Å². The number of hydrogen-bond donors (Lipinski definition) is 1. The lowest BCUT2D eigenvalue weighted by Crippen LogP contribution is -2.28. The van der Waals surface area contributed by atoms with E-state index in [1.165, 1.54) is 7.11 Å². The smallest absolute Gasteiger partial charge is 0.342 e. The Morgan fingerprint density at radius 3 is 2.58 bits per heavy atom. The predicted octanol–water partition coefficient (Wildman–Crippen LogP) is 3.48. The maximum Gasteiger partial charge on any atom is 0.342 e. The van der Waals surface area contributed by atoms with E-state index < -0.39 is 18.5 Å². The summed E-state index contributed by atoms with van der Waals surface area (Å²) in [7, 11) is 1.45. The molecule has 0 radical (unpaired) electrons. The lowest BCUT2D eigenvalue weighted by Gasteiger charge is -2.09. The van der Waals surface area contributed by atoms with E-state index in [-0.39, 0.29) is 12.1 Å². The molecule has 1 amide bonds. The fourth-order valence-corrected chi connectivity index (χ4v) is 2.41. The van der Waals surface area contributed by atoms with Gasteiger partial charge in [0.1, 0.15) is 11.3 Å². The summed E-state index contributed by atoms with van der Waals surface area (Å²) >= 11 is 11.8. The zero-order valence-corrected chi connectivity index (χ0v) is 14.4. The number of ether oxygens (including phenoxy) is 2. The van der Waals surface area contributed by atoms with Gasteiger partial charge >= 0.3 is 5.97 Å². The van der Waals surface area contributed by atoms with E-state index in [4.69, 9.17) is 32.7 Å². The van der Waals surface area contributed by atoms with Crippen LogP contribution in [-0.2, 0) is 16.1 Å². The molecule has 2 rings (SSSR count). The molecule has 0 aliphatic rings. The molecule has 126 valence electrons. The number of benzene rings is 2. The topological polar surface area (TPSA) is 64.6 Å². The van der Waals surface area contributed by atoms with Crippen molar-refractivity contribution in [1.29, 1.82) is 0 Å². The Morgan fingerprint density at radius 1 is 1.12 bits per heavy atom. The summed E-state index contributed by atoms with van der Waals surface area (Å²) < 4.78 is 10.1. The molecule has 0 fully saturated rings. The van der Waals surface area contributed by atoms with Crippen molar-refractivity contribution >= 4 is 35.1 Å². The molecule has 0 aromatic heterocycles. The Labute approximate surface area is 149 Å². The summed E-state index contributed by atoms with van der Waals surface area (Å²) in [5.41, 5.74) is 0.971. The van der Waals surface area contributed by atoms with E-state index in [0.717, 1.165) is 0 Å². The minimum absolute atomic E-state index is 0.209. The minimum Gasteiger partial charge on any atom is -0.496 e. The normalized spacial score (nSPS) is 10.1. The van der Waals surface area contributed by atoms with Gasteiger partial charge in [-0.25, -0.2) is 4.79 Å². The molecule has 0 aliphatic carbocycles. The molecule has 2 aromatic carbocycles. The van der Waals surface area contributed by atoms with Crippen LogP contribution >= 0.6 is 23.2 Å². The fraction of sp³-hybridized carbons (Fsp3) is 0.176. The van der Waals surface area contributed by atoms with E-state index >= 15 is 0 Å². The first-order valence-electron chi connectivity index (χ1n) is 7.02. The highest BCUT2D eigenvalue weighted by Gasteiger charge is 2.14. The van der Waals surface area contributed by atoms with Gasteiger partial charge in [0.05, 0.1) is 7.11 Å². The molecule has 0 bridgehead atoms. The number of rotatable bonds is 6. The van der Waals surface area contributed by atoms with Crippen molar-refractivity contribution in [2.24, 2.45) is 0 Å². The largest absolute Gasteiger partial charge is 0.496 e. The molecule has 0 heterocycles. The summed E-state index contributed by atoms with van der Waals surface area (Å²) in [5, 5.41) is 3.59. The summed E-state index contributed by atoms with van der Waals surface area (Å²) in [6.45, 7) is -0.191. The second-order valence-electron chi connectivity index (χ2n) is 4.79. The molecule has 0 atom stereocenters. The van der Waals surface area contributed by atoms with Gasteiger partial charge in [0.25, 0.3) is 5.91 Å². The average molecular weight is 368 g/mol. The van der Waals surface area contributed by atoms with E-state index in [1.54, 1.807) is 42.5 Å². The van der Waals surface area contributed by atoms with E-state index in [9.17, 15) is 9.59 Å². The van der Waals surface area contributed by atoms with Crippen LogP contribution in [0.25, 0.3) is 0 Å². The molecule has 0 saturated carbocycles. The number of methoxy groups -OCH3 is 1. The molecule has 0 spiro atoms. The molecule has 2 aromatic rings. The second kappa shape index (κ2) is 8.57. The standard InChI is InChI=1S/C17H15Cl2NO4/c1-23-15-5-3-2-4-13(15)17(22)24-10-16(21)20-9-11-6-7-12(18)8-14(11)19/h2-8H,9-10H2,1H3,(H,20,21). The van der Waals surface area contributed by atoms with Gasteiger partial charge in [0.15, 0.2) is 6.61 Å². The Bertz CT molecular complexity index is 749. The van der Waals surface area contributed by atoms with Crippen molar-refractivity contribution < 1.29 is 19.1 Å². The van der Waals surface area contributed by atoms with Crippen molar-refractivity contribution in [1.82, 2.24) is 5.32 Å². The van der Waals surface area contributed by atoms with Crippen molar-refractivity contribution in [3.05, 3.63) is 63.6 Å². The van der Waals surface area contributed by atoms with Crippen LogP contribution in [0.1, 0.15) is 15.9 Å². The van der Waals surface area contributed by atoms with Gasteiger partial charge in [-0.05, 0) is 29.8 Å². The van der Waals surface area contributed by atoms with Gasteiger partial charge in [-0.2, -0.15) is 0 Å². The first-order valence-corrected chi connectivity index (χ1v) is 7.77. The lowest BCUT2D eigenvalue weighted by molar-refractivity contribution is -0.124. The highest BCUT2D eigenvalue weighted by atomic mass is 35.5. The lowest BCUT2D eigenvalue weighted by atomic mass is 10.2. The molecule has 5 nitrogen and oxygen atoms in total. The first kappa shape index (κ1) is 18.1. The monoisotopic (exact) mass is 367 g/mol. The van der Waals surface area contributed by atoms with Gasteiger partial charge in [-0.15, -0.1) is 0 Å². The molecular weight excluding hydrogens is 353 g/mol. The molecule has 0 aliphatic heterocycles. The van der Waals surface area contributed by atoms with Gasteiger partial charge < -0.3 is 14.8 Å². The maximum absolute atomic E-state index is 12.0. The number of carbonyl (C=O) groups is 2. The number of carbonyl (C=O) groups excluding carboxylic acids is 2. The summed E-state index contributed by atoms with van der Waals surface area (Å²) in [6, 6.07) is 11.6. The Hall–Kier alpha value is -2.24. The number of para-hydroxylation sites is 1. The van der Waals surface area contributed by atoms with Crippen molar-refractivity contribution in [2.75, 3.05) is 13.7 Å². The first-order chi connectivity index (χ1) is 11.5. The number of esters is 1. The van der Waals surface area contributed by atoms with Crippen molar-refractivity contribution in [2.45, 2.75) is 6.54 Å². The van der Waals surface area contributed by atoms with Gasteiger partial charge in [0.2, 0.25) is 0 Å². The number of hydrogen-bond acceptors (Lipinski definition) is 4. The van der Waals surface area contributed by atoms with Crippen LogP contribution in [0.15, 0.2) is 42.5 Å². The summed E-state index contributed by atoms with van der Waals surface area (Å²) in [5.74, 6) is -0.688. The minimum atomic E-state index is -0.632. The van der Waals surface area contributed by atoms with Crippen LogP contribution in [0, 0.1) is 0 Å². The van der Waals surface area contributed by atoms with Crippen LogP contribution in [0.3, 0.4) is 0 Å². The highest BCUT2D eigenvalue weighted by molar-refractivity contribution is 6.35. The van der Waals surface area contributed by atoms with Gasteiger partial charge in [-0.1, -0.05) is 41.4 Å². The van der Waals surface area contributed by atoms with Crippen molar-refractivity contribution in [3.8, 4) is 5.75 Å². The van der Waals surface area contributed by atoms with Crippen molar-refractivity contribution in [3.63, 3.8) is 0 Å². The number of halogens is 2. The molecule has 1 N–H and O–H groups in total. The van der Waals surface area contributed by atoms with Gasteiger partial charge in [-0.3, -0.25) is 4.79 Å². The Kier molecular flexibility index (Phi) is 6.46. The zero-order valence-electron chi connectivity index (χ0n) is 12.8. The molecule has 0 unspecified atom stereocenters. The van der Waals surface area contributed by atoms with E-state index in [1.807, 2.05) is 0 Å². The third kappa shape index (κ3) is 4.88. The molecule has 0 saturated heterocycles. The fourth-order valence-electron chi connectivity index (χ4n) is 1.93. The summed E-state index contributed by atoms with van der Waals surface area (Å²) in [6.07, 6.45) is 0. The van der Waals surface area contributed by atoms with Crippen LogP contribution in [0.5, 0.6) is 5.75 Å². The number of nitrogens with one attached hydrogen (secondary N) is 1. The predicted molar refractivity (Wildman–Crippen MR) is 91.6 cm³/mol. The quantitative estimate of drug-likeness (QED) is 0.793. The Balaban J connectivity index is 1.85. The van der Waals surface area contributed by atoms with Crippen LogP contribution in [-0.4, -0.2) is 25.6 Å². The average Bonchev–Trinajstić information content (AvgIpc) is 2.58. The maximum atomic E-state index is 12.0. The zero-order chi connectivity index (χ0) is 17.5.